The van der Waals surface area contributed by atoms with Crippen LogP contribution < -0.4 is 0 Å². The second kappa shape index (κ2) is 6.55. The Morgan fingerprint density at radius 3 is 2.00 bits per heavy atom. The monoisotopic (exact) mass is 280 g/mol. The van der Waals surface area contributed by atoms with Crippen molar-refractivity contribution < 1.29 is 8.78 Å². The molecule has 0 aliphatic carbocycles. The van der Waals surface area contributed by atoms with Crippen LogP contribution in [0, 0.1) is 17.0 Å². The van der Waals surface area contributed by atoms with E-state index in [9.17, 15) is 8.78 Å². The first kappa shape index (κ1) is 14.7. The van der Waals surface area contributed by atoms with Gasteiger partial charge >= 0.3 is 0 Å². The highest BCUT2D eigenvalue weighted by atomic mass is 35.5. The molecule has 0 aliphatic rings. The summed E-state index contributed by atoms with van der Waals surface area (Å²) in [5, 5.41) is 0. The first-order chi connectivity index (χ1) is 8.05. The molecule has 0 nitrogen and oxygen atoms in total. The second-order valence-corrected chi connectivity index (χ2v) is 5.01. The zero-order valence-electron chi connectivity index (χ0n) is 9.78. The molecule has 0 aliphatic heterocycles. The Bertz CT molecular complexity index is 342. The Kier molecular flexibility index (Phi) is 5.68. The predicted molar refractivity (Wildman–Crippen MR) is 68.8 cm³/mol. The van der Waals surface area contributed by atoms with Gasteiger partial charge in [0.1, 0.15) is 11.6 Å². The molecule has 0 unspecified atom stereocenters. The third-order valence-electron chi connectivity index (χ3n) is 2.85. The smallest absolute Gasteiger partial charge is 0.126 e. The van der Waals surface area contributed by atoms with Gasteiger partial charge < -0.3 is 0 Å². The van der Waals surface area contributed by atoms with Crippen LogP contribution in [-0.2, 0) is 6.42 Å². The van der Waals surface area contributed by atoms with Gasteiger partial charge in [-0.15, -0.1) is 23.2 Å². The molecule has 0 aromatic heterocycles. The Morgan fingerprint density at radius 1 is 1.06 bits per heavy atom. The second-order valence-electron chi connectivity index (χ2n) is 4.47. The van der Waals surface area contributed by atoms with E-state index in [1.54, 1.807) is 0 Å². The third kappa shape index (κ3) is 4.11. The third-order valence-corrected chi connectivity index (χ3v) is 3.98. The van der Waals surface area contributed by atoms with Gasteiger partial charge in [-0.3, -0.25) is 0 Å². The molecule has 0 heterocycles. The number of benzene rings is 1. The zero-order valence-corrected chi connectivity index (χ0v) is 11.3. The Balaban J connectivity index is 2.92. The number of halogens is 4. The van der Waals surface area contributed by atoms with Gasteiger partial charge in [0, 0.05) is 23.2 Å². The van der Waals surface area contributed by atoms with E-state index in [1.165, 1.54) is 12.1 Å². The molecular weight excluding hydrogens is 265 g/mol. The molecule has 0 radical (unpaired) electrons. The van der Waals surface area contributed by atoms with Crippen LogP contribution in [0.1, 0.15) is 25.3 Å². The Hall–Kier alpha value is -0.340. The van der Waals surface area contributed by atoms with Crippen molar-refractivity contribution in [3.05, 3.63) is 35.4 Å². The molecule has 96 valence electrons. The quantitative estimate of drug-likeness (QED) is 0.659. The first-order valence-electron chi connectivity index (χ1n) is 5.62. The molecule has 0 fully saturated rings. The maximum atomic E-state index is 13.1. The molecule has 1 aromatic carbocycles. The molecule has 17 heavy (non-hydrogen) atoms. The molecule has 4 heteroatoms. The fraction of sp³-hybridized carbons (Fsp3) is 0.538. The lowest BCUT2D eigenvalue weighted by Crippen LogP contribution is -2.28. The summed E-state index contributed by atoms with van der Waals surface area (Å²) in [6.07, 6.45) is 2.29. The lowest BCUT2D eigenvalue weighted by atomic mass is 9.81. The van der Waals surface area contributed by atoms with Crippen molar-refractivity contribution in [3.63, 3.8) is 0 Å². The van der Waals surface area contributed by atoms with E-state index >= 15 is 0 Å². The summed E-state index contributed by atoms with van der Waals surface area (Å²) in [5.74, 6) is -0.339. The highest BCUT2D eigenvalue weighted by Crippen LogP contribution is 2.32. The first-order valence-corrected chi connectivity index (χ1v) is 6.69. The van der Waals surface area contributed by atoms with Crippen molar-refractivity contribution in [1.82, 2.24) is 0 Å². The number of rotatable bonds is 6. The molecule has 0 saturated heterocycles. The van der Waals surface area contributed by atoms with Crippen LogP contribution in [-0.4, -0.2) is 11.8 Å². The van der Waals surface area contributed by atoms with Crippen molar-refractivity contribution >= 4 is 23.2 Å². The fourth-order valence-electron chi connectivity index (χ4n) is 2.03. The lowest BCUT2D eigenvalue weighted by Gasteiger charge is -2.29. The van der Waals surface area contributed by atoms with E-state index < -0.39 is 11.6 Å². The van der Waals surface area contributed by atoms with Crippen LogP contribution >= 0.6 is 23.2 Å². The maximum Gasteiger partial charge on any atom is 0.126 e. The summed E-state index contributed by atoms with van der Waals surface area (Å²) >= 11 is 11.9. The predicted octanol–water partition coefficient (Wildman–Crippen LogP) is 4.77. The molecule has 0 saturated carbocycles. The maximum absolute atomic E-state index is 13.1. The van der Waals surface area contributed by atoms with Crippen molar-refractivity contribution in [2.75, 3.05) is 11.8 Å². The van der Waals surface area contributed by atoms with Gasteiger partial charge in [0.2, 0.25) is 0 Å². The van der Waals surface area contributed by atoms with Crippen LogP contribution in [0.25, 0.3) is 0 Å². The van der Waals surface area contributed by atoms with Crippen molar-refractivity contribution in [2.45, 2.75) is 26.2 Å². The molecule has 0 N–H and O–H groups in total. The van der Waals surface area contributed by atoms with Gasteiger partial charge in [-0.05, 0) is 30.5 Å². The Labute approximate surface area is 111 Å². The van der Waals surface area contributed by atoms with E-state index in [0.717, 1.165) is 18.9 Å². The van der Waals surface area contributed by atoms with E-state index in [2.05, 4.69) is 0 Å². The van der Waals surface area contributed by atoms with E-state index in [-0.39, 0.29) is 5.41 Å². The van der Waals surface area contributed by atoms with E-state index in [0.29, 0.717) is 23.7 Å². The minimum absolute atomic E-state index is 0.280. The lowest BCUT2D eigenvalue weighted by molar-refractivity contribution is 0.340. The molecule has 0 spiro atoms. The summed E-state index contributed by atoms with van der Waals surface area (Å²) in [6.45, 7) is 2.04. The average Bonchev–Trinajstić information content (AvgIpc) is 2.27. The zero-order chi connectivity index (χ0) is 12.9. The van der Waals surface area contributed by atoms with E-state index in [1.807, 2.05) is 6.92 Å². The van der Waals surface area contributed by atoms with Crippen LogP contribution in [0.4, 0.5) is 8.78 Å². The number of alkyl halides is 2. The van der Waals surface area contributed by atoms with Gasteiger partial charge in [-0.25, -0.2) is 8.78 Å². The number of hydrogen-bond donors (Lipinski definition) is 0. The minimum atomic E-state index is -0.561. The SMILES string of the molecule is CCCC(CCl)(CCl)Cc1cc(F)cc(F)c1. The van der Waals surface area contributed by atoms with E-state index in [4.69, 9.17) is 23.2 Å². The average molecular weight is 281 g/mol. The summed E-state index contributed by atoms with van der Waals surface area (Å²) < 4.78 is 26.2. The fourth-order valence-corrected chi connectivity index (χ4v) is 2.77. The largest absolute Gasteiger partial charge is 0.207 e. The standard InChI is InChI=1S/C13H16Cl2F2/c1-2-3-13(8-14,9-15)7-10-4-11(16)6-12(17)5-10/h4-6H,2-3,7-9H2,1H3. The van der Waals surface area contributed by atoms with Crippen molar-refractivity contribution in [1.29, 1.82) is 0 Å². The van der Waals surface area contributed by atoms with Gasteiger partial charge in [0.05, 0.1) is 0 Å². The molecular formula is C13H16Cl2F2. The van der Waals surface area contributed by atoms with Crippen LogP contribution in [0.2, 0.25) is 0 Å². The molecule has 0 atom stereocenters. The van der Waals surface area contributed by atoms with Crippen LogP contribution in [0.5, 0.6) is 0 Å². The molecule has 1 rings (SSSR count). The normalized spacial score (nSPS) is 11.8. The Morgan fingerprint density at radius 2 is 1.59 bits per heavy atom. The van der Waals surface area contributed by atoms with Gasteiger partial charge in [-0.1, -0.05) is 13.3 Å². The van der Waals surface area contributed by atoms with Gasteiger partial charge in [0.25, 0.3) is 0 Å². The van der Waals surface area contributed by atoms with Crippen LogP contribution in [0.3, 0.4) is 0 Å². The summed E-state index contributed by atoms with van der Waals surface area (Å²) in [7, 11) is 0. The van der Waals surface area contributed by atoms with Crippen LogP contribution in [0.15, 0.2) is 18.2 Å². The molecule has 0 amide bonds. The van der Waals surface area contributed by atoms with Crippen molar-refractivity contribution in [2.24, 2.45) is 5.41 Å². The van der Waals surface area contributed by atoms with Gasteiger partial charge in [0.15, 0.2) is 0 Å². The summed E-state index contributed by atoms with van der Waals surface area (Å²) in [5.41, 5.74) is 0.329. The molecule has 1 aromatic rings. The number of hydrogen-bond acceptors (Lipinski definition) is 0. The summed E-state index contributed by atoms with van der Waals surface area (Å²) in [4.78, 5) is 0. The minimum Gasteiger partial charge on any atom is -0.207 e. The molecule has 0 bridgehead atoms. The highest BCUT2D eigenvalue weighted by molar-refractivity contribution is 6.21. The van der Waals surface area contributed by atoms with Gasteiger partial charge in [-0.2, -0.15) is 0 Å². The topological polar surface area (TPSA) is 0 Å². The van der Waals surface area contributed by atoms with Crippen molar-refractivity contribution in [3.8, 4) is 0 Å². The highest BCUT2D eigenvalue weighted by Gasteiger charge is 2.28. The summed E-state index contributed by atoms with van der Waals surface area (Å²) in [6, 6.07) is 3.55.